The van der Waals surface area contributed by atoms with Gasteiger partial charge in [0.15, 0.2) is 6.61 Å². The number of rotatable bonds is 5. The van der Waals surface area contributed by atoms with Crippen LogP contribution in [0, 0.1) is 5.82 Å². The third kappa shape index (κ3) is 3.93. The third-order valence-electron chi connectivity index (χ3n) is 4.18. The molecule has 0 fully saturated rings. The molecular weight excluding hydrogens is 405 g/mol. The summed E-state index contributed by atoms with van der Waals surface area (Å²) in [5.74, 6) is 0.818. The molecule has 3 aromatic rings. The van der Waals surface area contributed by atoms with Crippen molar-refractivity contribution < 1.29 is 18.1 Å². The molecule has 2 aromatic carbocycles. The van der Waals surface area contributed by atoms with Crippen LogP contribution in [0.4, 0.5) is 10.2 Å². The van der Waals surface area contributed by atoms with Crippen LogP contribution in [0.15, 0.2) is 48.5 Å². The first-order chi connectivity index (χ1) is 13.5. The molecule has 0 saturated heterocycles. The molecule has 0 spiro atoms. The Morgan fingerprint density at radius 2 is 1.89 bits per heavy atom. The molecule has 1 aliphatic rings. The zero-order valence-corrected chi connectivity index (χ0v) is 16.1. The Morgan fingerprint density at radius 1 is 1.18 bits per heavy atom. The Balaban J connectivity index is 1.55. The van der Waals surface area contributed by atoms with Crippen molar-refractivity contribution in [1.82, 2.24) is 9.78 Å². The smallest absolute Gasteiger partial charge is 0.263 e. The molecule has 9 heteroatoms. The maximum absolute atomic E-state index is 13.2. The Kier molecular flexibility index (Phi) is 5.15. The highest BCUT2D eigenvalue weighted by molar-refractivity contribution is 7.83. The minimum atomic E-state index is -1.05. The quantitative estimate of drug-likeness (QED) is 0.687. The van der Waals surface area contributed by atoms with E-state index < -0.39 is 16.7 Å². The van der Waals surface area contributed by atoms with Gasteiger partial charge in [0, 0.05) is 21.4 Å². The second-order valence-electron chi connectivity index (χ2n) is 6.18. The van der Waals surface area contributed by atoms with Gasteiger partial charge in [0.2, 0.25) is 0 Å². The third-order valence-corrected chi connectivity index (χ3v) is 5.64. The number of halogens is 2. The molecular formula is C19H15ClFN3O3S. The average Bonchev–Trinajstić information content (AvgIpc) is 3.19. The highest BCUT2D eigenvalue weighted by Gasteiger charge is 2.28. The fraction of sp³-hybridized carbons (Fsp3) is 0.158. The molecule has 0 radical (unpaired) electrons. The first kappa shape index (κ1) is 18.6. The minimum absolute atomic E-state index is 0.214. The summed E-state index contributed by atoms with van der Waals surface area (Å²) >= 11 is 5.83. The van der Waals surface area contributed by atoms with Crippen LogP contribution < -0.4 is 10.1 Å². The SMILES string of the molecule is O=C(COc1ccc(Cl)cc1)Nc1c2c(nn1-c1ccc(F)cc1)C[S@@](=O)C2. The number of amides is 1. The molecule has 4 rings (SSSR count). The van der Waals surface area contributed by atoms with E-state index in [9.17, 15) is 13.4 Å². The lowest BCUT2D eigenvalue weighted by Crippen LogP contribution is -2.22. The molecule has 1 aliphatic heterocycles. The molecule has 0 unspecified atom stereocenters. The van der Waals surface area contributed by atoms with Gasteiger partial charge in [-0.05, 0) is 48.5 Å². The summed E-state index contributed by atoms with van der Waals surface area (Å²) in [4.78, 5) is 12.4. The minimum Gasteiger partial charge on any atom is -0.484 e. The van der Waals surface area contributed by atoms with Gasteiger partial charge >= 0.3 is 0 Å². The molecule has 1 atom stereocenters. The molecule has 2 heterocycles. The van der Waals surface area contributed by atoms with Crippen molar-refractivity contribution in [3.63, 3.8) is 0 Å². The lowest BCUT2D eigenvalue weighted by atomic mass is 10.2. The van der Waals surface area contributed by atoms with Gasteiger partial charge in [-0.2, -0.15) is 5.10 Å². The molecule has 0 aliphatic carbocycles. The Morgan fingerprint density at radius 3 is 2.61 bits per heavy atom. The first-order valence-electron chi connectivity index (χ1n) is 8.39. The molecule has 1 amide bonds. The van der Waals surface area contributed by atoms with Crippen LogP contribution in [0.25, 0.3) is 5.69 Å². The van der Waals surface area contributed by atoms with E-state index >= 15 is 0 Å². The number of nitrogens with one attached hydrogen (secondary N) is 1. The van der Waals surface area contributed by atoms with Crippen LogP contribution in [0.2, 0.25) is 5.02 Å². The highest BCUT2D eigenvalue weighted by atomic mass is 35.5. The number of ether oxygens (including phenoxy) is 1. The Labute approximate surface area is 167 Å². The van der Waals surface area contributed by atoms with Gasteiger partial charge in [-0.1, -0.05) is 11.6 Å². The monoisotopic (exact) mass is 419 g/mol. The summed E-state index contributed by atoms with van der Waals surface area (Å²) in [7, 11) is -1.05. The summed E-state index contributed by atoms with van der Waals surface area (Å²) in [6.45, 7) is -0.214. The van der Waals surface area contributed by atoms with E-state index in [1.54, 1.807) is 36.4 Å². The number of anilines is 1. The predicted octanol–water partition coefficient (Wildman–Crippen LogP) is 3.44. The zero-order valence-electron chi connectivity index (χ0n) is 14.5. The summed E-state index contributed by atoms with van der Waals surface area (Å²) in [6.07, 6.45) is 0. The van der Waals surface area contributed by atoms with Crippen LogP contribution in [0.1, 0.15) is 11.3 Å². The lowest BCUT2D eigenvalue weighted by molar-refractivity contribution is -0.118. The van der Waals surface area contributed by atoms with Crippen molar-refractivity contribution in [2.24, 2.45) is 0 Å². The second kappa shape index (κ2) is 7.73. The van der Waals surface area contributed by atoms with E-state index in [0.29, 0.717) is 39.5 Å². The van der Waals surface area contributed by atoms with Crippen molar-refractivity contribution >= 4 is 34.1 Å². The molecule has 0 saturated carbocycles. The van der Waals surface area contributed by atoms with Gasteiger partial charge in [0.25, 0.3) is 5.91 Å². The molecule has 6 nitrogen and oxygen atoms in total. The Bertz CT molecular complexity index is 1050. The fourth-order valence-corrected chi connectivity index (χ4v) is 4.26. The maximum atomic E-state index is 13.2. The summed E-state index contributed by atoms with van der Waals surface area (Å²) < 4.78 is 32.1. The molecule has 28 heavy (non-hydrogen) atoms. The maximum Gasteiger partial charge on any atom is 0.263 e. The van der Waals surface area contributed by atoms with Crippen molar-refractivity contribution in [1.29, 1.82) is 0 Å². The number of hydrogen-bond acceptors (Lipinski definition) is 4. The fourth-order valence-electron chi connectivity index (χ4n) is 2.87. The number of carbonyl (C=O) groups is 1. The summed E-state index contributed by atoms with van der Waals surface area (Å²) in [5.41, 5.74) is 1.98. The number of fused-ring (bicyclic) bond motifs is 1. The standard InChI is InChI=1S/C19H15ClFN3O3S/c20-12-1-7-15(8-2-12)27-9-18(25)22-19-16-10-28(26)11-17(16)23-24(19)14-5-3-13(21)4-6-14/h1-8H,9-11H2,(H,22,25)/t28-/m0/s1. The van der Waals surface area contributed by atoms with Crippen molar-refractivity contribution in [2.45, 2.75) is 11.5 Å². The number of nitrogens with zero attached hydrogens (tertiary/aromatic N) is 2. The Hall–Kier alpha value is -2.71. The van der Waals surface area contributed by atoms with E-state index in [1.165, 1.54) is 16.8 Å². The number of carbonyl (C=O) groups excluding carboxylic acids is 1. The summed E-state index contributed by atoms with van der Waals surface area (Å²) in [5, 5.41) is 7.81. The van der Waals surface area contributed by atoms with Crippen LogP contribution in [-0.4, -0.2) is 26.5 Å². The van der Waals surface area contributed by atoms with Crippen LogP contribution in [0.5, 0.6) is 5.75 Å². The lowest BCUT2D eigenvalue weighted by Gasteiger charge is -2.12. The van der Waals surface area contributed by atoms with E-state index in [-0.39, 0.29) is 12.4 Å². The van der Waals surface area contributed by atoms with E-state index in [1.807, 2.05) is 0 Å². The van der Waals surface area contributed by atoms with Crippen LogP contribution in [-0.2, 0) is 27.1 Å². The molecule has 144 valence electrons. The zero-order chi connectivity index (χ0) is 19.7. The van der Waals surface area contributed by atoms with Crippen LogP contribution >= 0.6 is 11.6 Å². The van der Waals surface area contributed by atoms with Gasteiger partial charge in [-0.25, -0.2) is 9.07 Å². The van der Waals surface area contributed by atoms with Crippen molar-refractivity contribution in [3.05, 3.63) is 70.6 Å². The summed E-state index contributed by atoms with van der Waals surface area (Å²) in [6, 6.07) is 12.4. The van der Waals surface area contributed by atoms with Crippen LogP contribution in [0.3, 0.4) is 0 Å². The van der Waals surface area contributed by atoms with Gasteiger partial charge in [-0.3, -0.25) is 9.00 Å². The van der Waals surface area contributed by atoms with Gasteiger partial charge in [0.1, 0.15) is 17.4 Å². The molecule has 1 aromatic heterocycles. The second-order valence-corrected chi connectivity index (χ2v) is 8.07. The number of aromatic nitrogens is 2. The number of benzene rings is 2. The number of hydrogen-bond donors (Lipinski definition) is 1. The van der Waals surface area contributed by atoms with Crippen molar-refractivity contribution in [2.75, 3.05) is 11.9 Å². The van der Waals surface area contributed by atoms with Gasteiger partial charge in [0.05, 0.1) is 22.9 Å². The first-order valence-corrected chi connectivity index (χ1v) is 10.3. The van der Waals surface area contributed by atoms with Gasteiger partial charge in [-0.15, -0.1) is 0 Å². The van der Waals surface area contributed by atoms with Crippen molar-refractivity contribution in [3.8, 4) is 11.4 Å². The predicted molar refractivity (Wildman–Crippen MR) is 105 cm³/mol. The highest BCUT2D eigenvalue weighted by Crippen LogP contribution is 2.31. The topological polar surface area (TPSA) is 73.2 Å². The van der Waals surface area contributed by atoms with E-state index in [0.717, 1.165) is 5.56 Å². The average molecular weight is 420 g/mol. The largest absolute Gasteiger partial charge is 0.484 e. The van der Waals surface area contributed by atoms with Gasteiger partial charge < -0.3 is 10.1 Å². The van der Waals surface area contributed by atoms with E-state index in [4.69, 9.17) is 16.3 Å². The molecule has 1 N–H and O–H groups in total. The van der Waals surface area contributed by atoms with E-state index in [2.05, 4.69) is 10.4 Å². The normalized spacial score (nSPS) is 15.3. The molecule has 0 bridgehead atoms.